The van der Waals surface area contributed by atoms with Crippen LogP contribution < -0.4 is 0 Å². The molecular weight excluding hydrogens is 450 g/mol. The Morgan fingerprint density at radius 3 is 2.56 bits per heavy atom. The maximum Gasteiger partial charge on any atom is 0.0971 e. The van der Waals surface area contributed by atoms with Gasteiger partial charge in [0.2, 0.25) is 0 Å². The number of β-amino-alcohol motifs (C(OH)–C–C–N with tert-alkyl or cyclic N) is 1. The van der Waals surface area contributed by atoms with E-state index in [1.807, 2.05) is 59.4 Å². The van der Waals surface area contributed by atoms with Crippen LogP contribution in [0.2, 0.25) is 5.02 Å². The van der Waals surface area contributed by atoms with E-state index in [1.165, 1.54) is 0 Å². The van der Waals surface area contributed by atoms with Gasteiger partial charge in [0.1, 0.15) is 0 Å². The van der Waals surface area contributed by atoms with Crippen LogP contribution in [0.15, 0.2) is 55.0 Å². The zero-order valence-corrected chi connectivity index (χ0v) is 19.5. The number of aliphatic hydroxyl groups is 1. The van der Waals surface area contributed by atoms with Gasteiger partial charge in [0.15, 0.2) is 0 Å². The molecule has 1 N–H and O–H groups in total. The number of hydrogen-bond acceptors (Lipinski definition) is 7. The summed E-state index contributed by atoms with van der Waals surface area (Å²) < 4.78 is 1.81. The number of aliphatic hydroxyl groups excluding tert-OH is 1. The highest BCUT2D eigenvalue weighted by atomic mass is 35.5. The Kier molecular flexibility index (Phi) is 6.92. The van der Waals surface area contributed by atoms with Gasteiger partial charge in [-0.1, -0.05) is 22.9 Å². The monoisotopic (exact) mass is 475 g/mol. The highest BCUT2D eigenvalue weighted by Crippen LogP contribution is 2.26. The topological polar surface area (TPSA) is 83.2 Å². The second-order valence-electron chi connectivity index (χ2n) is 8.34. The van der Waals surface area contributed by atoms with Crippen LogP contribution >= 0.6 is 11.6 Å². The lowest BCUT2D eigenvalue weighted by atomic mass is 10.1. The lowest BCUT2D eigenvalue weighted by molar-refractivity contribution is 0.107. The van der Waals surface area contributed by atoms with Gasteiger partial charge in [0, 0.05) is 62.1 Å². The van der Waals surface area contributed by atoms with Crippen LogP contribution in [0.25, 0.3) is 28.7 Å². The van der Waals surface area contributed by atoms with E-state index in [-0.39, 0.29) is 6.61 Å². The number of nitrogens with zero attached hydrogens (tertiary/aromatic N) is 7. The van der Waals surface area contributed by atoms with Crippen molar-refractivity contribution in [2.24, 2.45) is 0 Å². The molecule has 0 spiro atoms. The average Bonchev–Trinajstić information content (AvgIpc) is 3.32. The summed E-state index contributed by atoms with van der Waals surface area (Å²) in [6.07, 6.45) is 9.51. The minimum absolute atomic E-state index is 0.206. The van der Waals surface area contributed by atoms with Crippen molar-refractivity contribution < 1.29 is 5.11 Å². The summed E-state index contributed by atoms with van der Waals surface area (Å²) in [4.78, 5) is 13.5. The van der Waals surface area contributed by atoms with Crippen LogP contribution in [-0.2, 0) is 6.54 Å². The van der Waals surface area contributed by atoms with E-state index in [9.17, 15) is 0 Å². The number of hydrogen-bond donors (Lipinski definition) is 1. The van der Waals surface area contributed by atoms with Gasteiger partial charge < -0.3 is 5.11 Å². The Morgan fingerprint density at radius 1 is 0.971 bits per heavy atom. The molecule has 9 heteroatoms. The number of halogens is 1. The predicted molar refractivity (Wildman–Crippen MR) is 134 cm³/mol. The van der Waals surface area contributed by atoms with Crippen molar-refractivity contribution in [3.05, 3.63) is 77.0 Å². The molecule has 0 saturated carbocycles. The van der Waals surface area contributed by atoms with Crippen molar-refractivity contribution in [2.75, 3.05) is 39.3 Å². The number of fused-ring (bicyclic) bond motifs is 1. The molecule has 174 valence electrons. The molecule has 4 heterocycles. The summed E-state index contributed by atoms with van der Waals surface area (Å²) in [6, 6.07) is 11.6. The van der Waals surface area contributed by atoms with Gasteiger partial charge in [-0.25, -0.2) is 9.67 Å². The van der Waals surface area contributed by atoms with Crippen LogP contribution in [0.1, 0.15) is 17.0 Å². The van der Waals surface area contributed by atoms with Crippen molar-refractivity contribution in [3.63, 3.8) is 0 Å². The standard InChI is InChI=1S/C25H26ClN7O/c26-20-2-4-24-23(15-20)25(16-21(28-24)3-1-19-5-7-27-8-6-19)33-18-22(29-30-33)17-32-11-9-31(10-12-32)13-14-34/h1-8,15-16,18,34H,9-14,17H2/b3-1+. The van der Waals surface area contributed by atoms with Crippen LogP contribution in [0.3, 0.4) is 0 Å². The van der Waals surface area contributed by atoms with Gasteiger partial charge in [0.25, 0.3) is 0 Å². The zero-order valence-electron chi connectivity index (χ0n) is 18.8. The van der Waals surface area contributed by atoms with E-state index in [1.54, 1.807) is 12.4 Å². The molecule has 3 aromatic heterocycles. The van der Waals surface area contributed by atoms with E-state index >= 15 is 0 Å². The fraction of sp³-hybridized carbons (Fsp3) is 0.280. The summed E-state index contributed by atoms with van der Waals surface area (Å²) in [6.45, 7) is 5.49. The van der Waals surface area contributed by atoms with E-state index in [0.717, 1.165) is 72.8 Å². The molecule has 4 aromatic rings. The van der Waals surface area contributed by atoms with Gasteiger partial charge in [-0.2, -0.15) is 0 Å². The van der Waals surface area contributed by atoms with Gasteiger partial charge in [-0.15, -0.1) is 5.10 Å². The number of pyridine rings is 2. The zero-order chi connectivity index (χ0) is 23.3. The summed E-state index contributed by atoms with van der Waals surface area (Å²) >= 11 is 6.31. The second kappa shape index (κ2) is 10.4. The first kappa shape index (κ1) is 22.6. The Balaban J connectivity index is 1.41. The molecule has 0 aliphatic carbocycles. The molecule has 1 saturated heterocycles. The van der Waals surface area contributed by atoms with Crippen molar-refractivity contribution >= 4 is 34.7 Å². The van der Waals surface area contributed by atoms with Gasteiger partial charge in [-0.05, 0) is 48.0 Å². The molecule has 1 fully saturated rings. The highest BCUT2D eigenvalue weighted by molar-refractivity contribution is 6.31. The third-order valence-corrected chi connectivity index (χ3v) is 6.21. The van der Waals surface area contributed by atoms with E-state index in [2.05, 4.69) is 25.1 Å². The summed E-state index contributed by atoms with van der Waals surface area (Å²) in [5.74, 6) is 0. The summed E-state index contributed by atoms with van der Waals surface area (Å²) in [5, 5.41) is 19.6. The molecule has 0 atom stereocenters. The minimum atomic E-state index is 0.206. The first-order chi connectivity index (χ1) is 16.7. The molecule has 1 aromatic carbocycles. The molecule has 0 amide bonds. The summed E-state index contributed by atoms with van der Waals surface area (Å²) in [7, 11) is 0. The molecule has 1 aliphatic heterocycles. The highest BCUT2D eigenvalue weighted by Gasteiger charge is 2.18. The minimum Gasteiger partial charge on any atom is -0.395 e. The van der Waals surface area contributed by atoms with Crippen molar-refractivity contribution in [1.82, 2.24) is 34.8 Å². The van der Waals surface area contributed by atoms with Crippen LogP contribution in [-0.4, -0.2) is 79.2 Å². The Bertz CT molecular complexity index is 1280. The second-order valence-corrected chi connectivity index (χ2v) is 8.77. The molecule has 34 heavy (non-hydrogen) atoms. The van der Waals surface area contributed by atoms with E-state index in [4.69, 9.17) is 21.7 Å². The molecule has 1 aliphatic rings. The number of benzene rings is 1. The molecule has 0 unspecified atom stereocenters. The Labute approximate surface area is 203 Å². The molecule has 8 nitrogen and oxygen atoms in total. The molecule has 0 radical (unpaired) electrons. The van der Waals surface area contributed by atoms with Gasteiger partial charge >= 0.3 is 0 Å². The summed E-state index contributed by atoms with van der Waals surface area (Å²) in [5.41, 5.74) is 4.51. The number of piperazine rings is 1. The fourth-order valence-electron chi connectivity index (χ4n) is 4.16. The first-order valence-corrected chi connectivity index (χ1v) is 11.7. The van der Waals surface area contributed by atoms with E-state index in [0.29, 0.717) is 5.02 Å². The molecule has 5 rings (SSSR count). The lowest BCUT2D eigenvalue weighted by Crippen LogP contribution is -2.46. The maximum atomic E-state index is 9.14. The average molecular weight is 476 g/mol. The van der Waals surface area contributed by atoms with Crippen LogP contribution in [0.4, 0.5) is 0 Å². The third-order valence-electron chi connectivity index (χ3n) is 5.98. The maximum absolute atomic E-state index is 9.14. The first-order valence-electron chi connectivity index (χ1n) is 11.3. The number of aromatic nitrogens is 5. The van der Waals surface area contributed by atoms with Gasteiger partial charge in [0.05, 0.1) is 35.4 Å². The fourth-order valence-corrected chi connectivity index (χ4v) is 4.33. The normalized spacial score (nSPS) is 15.5. The Hall–Kier alpha value is -3.17. The van der Waals surface area contributed by atoms with Crippen LogP contribution in [0, 0.1) is 0 Å². The third kappa shape index (κ3) is 5.31. The molecule has 0 bridgehead atoms. The van der Waals surface area contributed by atoms with Crippen molar-refractivity contribution in [3.8, 4) is 5.69 Å². The SMILES string of the molecule is OCCN1CCN(Cc2cn(-c3cc(/C=C/c4ccncc4)nc4ccc(Cl)cc34)nn2)CC1. The van der Waals surface area contributed by atoms with E-state index < -0.39 is 0 Å². The van der Waals surface area contributed by atoms with Crippen molar-refractivity contribution in [1.29, 1.82) is 0 Å². The lowest BCUT2D eigenvalue weighted by Gasteiger charge is -2.33. The largest absolute Gasteiger partial charge is 0.395 e. The van der Waals surface area contributed by atoms with Gasteiger partial charge in [-0.3, -0.25) is 14.8 Å². The van der Waals surface area contributed by atoms with Crippen molar-refractivity contribution in [2.45, 2.75) is 6.54 Å². The number of rotatable bonds is 7. The molecular formula is C25H26ClN7O. The predicted octanol–water partition coefficient (Wildman–Crippen LogP) is 3.14. The quantitative estimate of drug-likeness (QED) is 0.439. The smallest absolute Gasteiger partial charge is 0.0971 e. The van der Waals surface area contributed by atoms with Crippen LogP contribution in [0.5, 0.6) is 0 Å². The Morgan fingerprint density at radius 2 is 1.76 bits per heavy atom.